The lowest BCUT2D eigenvalue weighted by molar-refractivity contribution is -0.0230. The number of unbranched alkanes of at least 4 members (excludes halogenated alkanes) is 3. The summed E-state index contributed by atoms with van der Waals surface area (Å²) in [5, 5.41) is 0. The van der Waals surface area contributed by atoms with Crippen LogP contribution in [0.3, 0.4) is 0 Å². The van der Waals surface area contributed by atoms with Crippen molar-refractivity contribution in [2.24, 2.45) is 5.73 Å². The fourth-order valence-electron chi connectivity index (χ4n) is 2.38. The number of halogens is 1. The molecule has 0 radical (unpaired) electrons. The van der Waals surface area contributed by atoms with Crippen LogP contribution in [0.15, 0.2) is 0 Å². The van der Waals surface area contributed by atoms with Gasteiger partial charge in [0.1, 0.15) is 0 Å². The molecule has 0 aliphatic heterocycles. The minimum absolute atomic E-state index is 0.535. The predicted octanol–water partition coefficient (Wildman–Crippen LogP) is 2.07. The molecule has 2 N–H and O–H groups in total. The van der Waals surface area contributed by atoms with E-state index in [0.717, 1.165) is 13.0 Å². The Morgan fingerprint density at radius 2 is 0.625 bits per heavy atom. The Balaban J connectivity index is 2.98. The minimum Gasteiger partial charge on any atom is -0.379 e. The minimum atomic E-state index is 0.535. The third-order valence-electron chi connectivity index (χ3n) is 4.04. The van der Waals surface area contributed by atoms with Crippen molar-refractivity contribution < 1.29 is 37.9 Å². The Morgan fingerprint density at radius 1 is 0.344 bits per heavy atom. The SMILES string of the molecule is NCCOCCOCCOCCOCCOCCOCCOCCOCCCCCCI. The normalized spacial score (nSPS) is 11.4. The molecule has 0 atom stereocenters. The standard InChI is InChI=1S/C22H46INO8/c23-5-3-1-2-4-7-25-9-11-27-13-15-29-17-19-31-21-22-32-20-18-30-16-14-28-12-10-26-8-6-24/h1-22,24H2. The Bertz CT molecular complexity index is 302. The van der Waals surface area contributed by atoms with Gasteiger partial charge in [-0.3, -0.25) is 0 Å². The maximum atomic E-state index is 5.54. The van der Waals surface area contributed by atoms with Crippen molar-refractivity contribution in [1.82, 2.24) is 0 Å². The average Bonchev–Trinajstić information content (AvgIpc) is 2.81. The van der Waals surface area contributed by atoms with Gasteiger partial charge < -0.3 is 43.6 Å². The lowest BCUT2D eigenvalue weighted by Gasteiger charge is -2.08. The van der Waals surface area contributed by atoms with Gasteiger partial charge in [0, 0.05) is 13.2 Å². The van der Waals surface area contributed by atoms with E-state index in [-0.39, 0.29) is 0 Å². The molecule has 9 nitrogen and oxygen atoms in total. The molecule has 194 valence electrons. The van der Waals surface area contributed by atoms with E-state index in [1.807, 2.05) is 0 Å². The molecule has 0 rings (SSSR count). The summed E-state index contributed by atoms with van der Waals surface area (Å²) in [5.41, 5.74) is 5.32. The van der Waals surface area contributed by atoms with Crippen molar-refractivity contribution in [2.75, 3.05) is 117 Å². The Kier molecular flexibility index (Phi) is 31.7. The van der Waals surface area contributed by atoms with E-state index in [1.54, 1.807) is 0 Å². The summed E-state index contributed by atoms with van der Waals surface area (Å²) in [7, 11) is 0. The van der Waals surface area contributed by atoms with Crippen LogP contribution in [0.1, 0.15) is 25.7 Å². The summed E-state index contributed by atoms with van der Waals surface area (Å²) in [6, 6.07) is 0. The van der Waals surface area contributed by atoms with Crippen LogP contribution in [-0.4, -0.2) is 117 Å². The number of hydrogen-bond acceptors (Lipinski definition) is 9. The van der Waals surface area contributed by atoms with E-state index in [9.17, 15) is 0 Å². The van der Waals surface area contributed by atoms with E-state index >= 15 is 0 Å². The summed E-state index contributed by atoms with van der Waals surface area (Å²) in [6.45, 7) is 9.83. The highest BCUT2D eigenvalue weighted by atomic mass is 127. The molecule has 0 saturated carbocycles. The first-order valence-corrected chi connectivity index (χ1v) is 13.3. The van der Waals surface area contributed by atoms with Crippen LogP contribution in [0, 0.1) is 0 Å². The molecule has 0 heterocycles. The van der Waals surface area contributed by atoms with Gasteiger partial charge in [0.2, 0.25) is 0 Å². The largest absolute Gasteiger partial charge is 0.379 e. The summed E-state index contributed by atoms with van der Waals surface area (Å²) < 4.78 is 44.6. The zero-order valence-electron chi connectivity index (χ0n) is 19.8. The summed E-state index contributed by atoms with van der Waals surface area (Å²) in [4.78, 5) is 0. The smallest absolute Gasteiger partial charge is 0.0701 e. The van der Waals surface area contributed by atoms with Gasteiger partial charge in [-0.15, -0.1) is 0 Å². The van der Waals surface area contributed by atoms with Gasteiger partial charge in [-0.05, 0) is 17.3 Å². The topological polar surface area (TPSA) is 99.9 Å². The molecule has 0 saturated heterocycles. The fourth-order valence-corrected chi connectivity index (χ4v) is 2.92. The number of rotatable bonds is 29. The molecule has 0 unspecified atom stereocenters. The van der Waals surface area contributed by atoms with Crippen molar-refractivity contribution >= 4 is 22.6 Å². The number of hydrogen-bond donors (Lipinski definition) is 1. The van der Waals surface area contributed by atoms with Gasteiger partial charge in [0.05, 0.1) is 99.1 Å². The first kappa shape index (κ1) is 32.4. The van der Waals surface area contributed by atoms with Gasteiger partial charge in [-0.2, -0.15) is 0 Å². The van der Waals surface area contributed by atoms with Gasteiger partial charge in [0.25, 0.3) is 0 Å². The highest BCUT2D eigenvalue weighted by molar-refractivity contribution is 14.1. The van der Waals surface area contributed by atoms with Crippen molar-refractivity contribution in [3.8, 4) is 0 Å². The van der Waals surface area contributed by atoms with Crippen molar-refractivity contribution in [2.45, 2.75) is 25.7 Å². The van der Waals surface area contributed by atoms with Gasteiger partial charge in [-0.25, -0.2) is 0 Å². The third kappa shape index (κ3) is 30.4. The molecule has 0 aromatic rings. The maximum Gasteiger partial charge on any atom is 0.0701 e. The molecule has 0 fully saturated rings. The third-order valence-corrected chi connectivity index (χ3v) is 4.80. The zero-order valence-corrected chi connectivity index (χ0v) is 21.9. The Hall–Kier alpha value is 0.370. The molecule has 0 amide bonds. The molecule has 0 spiro atoms. The molecular formula is C22H46INO8. The van der Waals surface area contributed by atoms with E-state index in [2.05, 4.69) is 22.6 Å². The molecule has 0 aromatic carbocycles. The van der Waals surface area contributed by atoms with Crippen LogP contribution in [0.2, 0.25) is 0 Å². The highest BCUT2D eigenvalue weighted by Crippen LogP contribution is 2.02. The molecular weight excluding hydrogens is 533 g/mol. The highest BCUT2D eigenvalue weighted by Gasteiger charge is 1.95. The van der Waals surface area contributed by atoms with Crippen LogP contribution in [0.4, 0.5) is 0 Å². The number of alkyl halides is 1. The van der Waals surface area contributed by atoms with Crippen LogP contribution >= 0.6 is 22.6 Å². The van der Waals surface area contributed by atoms with Crippen molar-refractivity contribution in [3.05, 3.63) is 0 Å². The lowest BCUT2D eigenvalue weighted by atomic mass is 10.2. The number of ether oxygens (including phenoxy) is 8. The zero-order chi connectivity index (χ0) is 23.2. The van der Waals surface area contributed by atoms with Crippen LogP contribution in [0.25, 0.3) is 0 Å². The van der Waals surface area contributed by atoms with Gasteiger partial charge >= 0.3 is 0 Å². The molecule has 32 heavy (non-hydrogen) atoms. The molecule has 0 bridgehead atoms. The monoisotopic (exact) mass is 579 g/mol. The summed E-state index contributed by atoms with van der Waals surface area (Å²) in [6.07, 6.45) is 5.00. The predicted molar refractivity (Wildman–Crippen MR) is 133 cm³/mol. The Morgan fingerprint density at radius 3 is 0.938 bits per heavy atom. The van der Waals surface area contributed by atoms with Gasteiger partial charge in [-0.1, -0.05) is 35.4 Å². The van der Waals surface area contributed by atoms with Crippen LogP contribution in [0.5, 0.6) is 0 Å². The first-order valence-electron chi connectivity index (χ1n) is 11.8. The van der Waals surface area contributed by atoms with E-state index in [4.69, 9.17) is 43.6 Å². The van der Waals surface area contributed by atoms with Crippen LogP contribution in [-0.2, 0) is 37.9 Å². The van der Waals surface area contributed by atoms with E-state index < -0.39 is 0 Å². The second-order valence-corrected chi connectivity index (χ2v) is 7.87. The lowest BCUT2D eigenvalue weighted by Crippen LogP contribution is -2.15. The molecule has 0 aromatic heterocycles. The fraction of sp³-hybridized carbons (Fsp3) is 1.00. The maximum absolute atomic E-state index is 5.54. The second-order valence-electron chi connectivity index (χ2n) is 6.79. The quantitative estimate of drug-likeness (QED) is 0.0812. The first-order chi connectivity index (χ1) is 15.9. The molecule has 10 heteroatoms. The van der Waals surface area contributed by atoms with Crippen molar-refractivity contribution in [1.29, 1.82) is 0 Å². The Labute approximate surface area is 208 Å². The van der Waals surface area contributed by atoms with Crippen LogP contribution < -0.4 is 5.73 Å². The number of nitrogens with two attached hydrogens (primary N) is 1. The van der Waals surface area contributed by atoms with E-state index in [1.165, 1.54) is 23.7 Å². The average molecular weight is 580 g/mol. The second kappa shape index (κ2) is 31.4. The van der Waals surface area contributed by atoms with Gasteiger partial charge in [0.15, 0.2) is 0 Å². The summed E-state index contributed by atoms with van der Waals surface area (Å²) in [5.74, 6) is 0. The molecule has 0 aliphatic rings. The van der Waals surface area contributed by atoms with Crippen molar-refractivity contribution in [3.63, 3.8) is 0 Å². The summed E-state index contributed by atoms with van der Waals surface area (Å²) >= 11 is 2.42. The molecule has 0 aliphatic carbocycles. The van der Waals surface area contributed by atoms with E-state index in [0.29, 0.717) is 106 Å².